The summed E-state index contributed by atoms with van der Waals surface area (Å²) in [5.74, 6) is -0.174. The maximum atomic E-state index is 10.7. The van der Waals surface area contributed by atoms with Gasteiger partial charge in [-0.15, -0.1) is 0 Å². The number of aliphatic hydroxyl groups is 1. The van der Waals surface area contributed by atoms with E-state index in [0.717, 1.165) is 11.1 Å². The molecule has 0 fully saturated rings. The Morgan fingerprint density at radius 2 is 1.18 bits per heavy atom. The molecule has 114 valence electrons. The Bertz CT molecular complexity index is 610. The van der Waals surface area contributed by atoms with E-state index in [-0.39, 0.29) is 23.9 Å². The van der Waals surface area contributed by atoms with Gasteiger partial charge in [-0.1, -0.05) is 24.3 Å². The third-order valence-corrected chi connectivity index (χ3v) is 3.43. The van der Waals surface area contributed by atoms with Gasteiger partial charge in [0.15, 0.2) is 0 Å². The Morgan fingerprint density at radius 3 is 1.45 bits per heavy atom. The van der Waals surface area contributed by atoms with Gasteiger partial charge in [-0.05, 0) is 17.5 Å². The number of non-ortho nitro benzene ring substituents is 2. The van der Waals surface area contributed by atoms with Crippen molar-refractivity contribution >= 4 is 11.4 Å². The maximum Gasteiger partial charge on any atom is 0.269 e. The van der Waals surface area contributed by atoms with Gasteiger partial charge in [-0.25, -0.2) is 0 Å². The maximum absolute atomic E-state index is 10.7. The van der Waals surface area contributed by atoms with Gasteiger partial charge in [0.2, 0.25) is 0 Å². The first-order valence-corrected chi connectivity index (χ1v) is 6.62. The molecule has 0 atom stereocenters. The molecule has 0 heterocycles. The van der Waals surface area contributed by atoms with Crippen molar-refractivity contribution in [1.29, 1.82) is 0 Å². The van der Waals surface area contributed by atoms with Gasteiger partial charge in [-0.3, -0.25) is 20.2 Å². The van der Waals surface area contributed by atoms with Crippen LogP contribution in [0, 0.1) is 20.2 Å². The lowest BCUT2D eigenvalue weighted by atomic mass is 9.88. The average Bonchev–Trinajstić information content (AvgIpc) is 2.53. The Kier molecular flexibility index (Phi) is 4.80. The minimum atomic E-state index is -0.475. The third kappa shape index (κ3) is 3.44. The largest absolute Gasteiger partial charge is 0.396 e. The van der Waals surface area contributed by atoms with Crippen LogP contribution in [0.1, 0.15) is 23.5 Å². The number of nitro benzene ring substituents is 2. The highest BCUT2D eigenvalue weighted by Crippen LogP contribution is 2.30. The lowest BCUT2D eigenvalue weighted by Crippen LogP contribution is -2.04. The monoisotopic (exact) mass is 302 g/mol. The molecule has 0 saturated carbocycles. The molecule has 0 aliphatic heterocycles. The van der Waals surface area contributed by atoms with E-state index < -0.39 is 9.85 Å². The summed E-state index contributed by atoms with van der Waals surface area (Å²) in [6.45, 7) is -0.0569. The van der Waals surface area contributed by atoms with Crippen LogP contribution in [0.3, 0.4) is 0 Å². The third-order valence-electron chi connectivity index (χ3n) is 3.43. The lowest BCUT2D eigenvalue weighted by Gasteiger charge is -2.16. The van der Waals surface area contributed by atoms with E-state index in [2.05, 4.69) is 0 Å². The van der Waals surface area contributed by atoms with Crippen molar-refractivity contribution in [2.45, 2.75) is 12.3 Å². The predicted octanol–water partition coefficient (Wildman–Crippen LogP) is 3.02. The van der Waals surface area contributed by atoms with E-state index in [1.54, 1.807) is 24.3 Å². The summed E-state index contributed by atoms with van der Waals surface area (Å²) in [6.07, 6.45) is 0.426. The van der Waals surface area contributed by atoms with Crippen molar-refractivity contribution in [1.82, 2.24) is 0 Å². The number of rotatable bonds is 6. The molecule has 7 heteroatoms. The Morgan fingerprint density at radius 1 is 0.818 bits per heavy atom. The van der Waals surface area contributed by atoms with Gasteiger partial charge in [0.05, 0.1) is 9.85 Å². The first kappa shape index (κ1) is 15.6. The van der Waals surface area contributed by atoms with Crippen LogP contribution in [0.25, 0.3) is 0 Å². The molecule has 2 rings (SSSR count). The number of hydrogen-bond donors (Lipinski definition) is 1. The van der Waals surface area contributed by atoms with E-state index in [9.17, 15) is 25.3 Å². The van der Waals surface area contributed by atoms with E-state index in [1.165, 1.54) is 24.3 Å². The Labute approximate surface area is 126 Å². The number of nitro groups is 2. The van der Waals surface area contributed by atoms with Crippen LogP contribution in [0.5, 0.6) is 0 Å². The number of benzene rings is 2. The van der Waals surface area contributed by atoms with Crippen molar-refractivity contribution in [3.05, 3.63) is 79.9 Å². The molecule has 7 nitrogen and oxygen atoms in total. The van der Waals surface area contributed by atoms with Crippen LogP contribution in [0.4, 0.5) is 11.4 Å². The normalized spacial score (nSPS) is 10.6. The Hall–Kier alpha value is -2.80. The SMILES string of the molecule is O=[N+]([O-])c1ccc(C(CCO)c2ccc([N+](=O)[O-])cc2)cc1. The minimum absolute atomic E-state index is 0.00445. The molecular formula is C15H14N2O5. The summed E-state index contributed by atoms with van der Waals surface area (Å²) in [4.78, 5) is 20.4. The second-order valence-corrected chi connectivity index (χ2v) is 4.76. The van der Waals surface area contributed by atoms with Crippen LogP contribution in [0.15, 0.2) is 48.5 Å². The zero-order chi connectivity index (χ0) is 16.1. The van der Waals surface area contributed by atoms with Crippen LogP contribution in [-0.4, -0.2) is 21.6 Å². The lowest BCUT2D eigenvalue weighted by molar-refractivity contribution is -0.385. The first-order valence-electron chi connectivity index (χ1n) is 6.62. The standard InChI is InChI=1S/C15H14N2O5/c18-10-9-15(11-1-5-13(6-2-11)16(19)20)12-3-7-14(8-4-12)17(21)22/h1-8,15,18H,9-10H2. The molecule has 1 N–H and O–H groups in total. The number of nitrogens with zero attached hydrogens (tertiary/aromatic N) is 2. The van der Waals surface area contributed by atoms with Crippen molar-refractivity contribution < 1.29 is 15.0 Å². The van der Waals surface area contributed by atoms with Gasteiger partial charge in [0.25, 0.3) is 11.4 Å². The summed E-state index contributed by atoms with van der Waals surface area (Å²) in [7, 11) is 0. The molecule has 0 aromatic heterocycles. The molecule has 0 saturated heterocycles. The van der Waals surface area contributed by atoms with E-state index in [1.807, 2.05) is 0 Å². The van der Waals surface area contributed by atoms with Gasteiger partial charge < -0.3 is 5.11 Å². The van der Waals surface area contributed by atoms with Crippen LogP contribution in [-0.2, 0) is 0 Å². The van der Waals surface area contributed by atoms with Crippen molar-refractivity contribution in [3.63, 3.8) is 0 Å². The molecule has 0 unspecified atom stereocenters. The zero-order valence-corrected chi connectivity index (χ0v) is 11.6. The van der Waals surface area contributed by atoms with Crippen LogP contribution >= 0.6 is 0 Å². The van der Waals surface area contributed by atoms with Gasteiger partial charge in [0, 0.05) is 36.8 Å². The van der Waals surface area contributed by atoms with Gasteiger partial charge in [0.1, 0.15) is 0 Å². The van der Waals surface area contributed by atoms with Crippen molar-refractivity contribution in [2.75, 3.05) is 6.61 Å². The van der Waals surface area contributed by atoms with Gasteiger partial charge >= 0.3 is 0 Å². The van der Waals surface area contributed by atoms with Gasteiger partial charge in [-0.2, -0.15) is 0 Å². The first-order chi connectivity index (χ1) is 10.5. The van der Waals surface area contributed by atoms with Crippen LogP contribution in [0.2, 0.25) is 0 Å². The molecule has 0 aliphatic rings. The smallest absolute Gasteiger partial charge is 0.269 e. The summed E-state index contributed by atoms with van der Waals surface area (Å²) in [5.41, 5.74) is 1.62. The molecule has 2 aromatic carbocycles. The highest BCUT2D eigenvalue weighted by molar-refractivity contribution is 5.41. The fraction of sp³-hybridized carbons (Fsp3) is 0.200. The molecule has 0 aliphatic carbocycles. The fourth-order valence-electron chi connectivity index (χ4n) is 2.31. The summed E-state index contributed by atoms with van der Waals surface area (Å²) in [6, 6.07) is 12.2. The quantitative estimate of drug-likeness (QED) is 0.652. The van der Waals surface area contributed by atoms with Crippen molar-refractivity contribution in [2.24, 2.45) is 0 Å². The fourth-order valence-corrected chi connectivity index (χ4v) is 2.31. The molecule has 0 spiro atoms. The molecule has 0 amide bonds. The molecule has 22 heavy (non-hydrogen) atoms. The number of aliphatic hydroxyl groups excluding tert-OH is 1. The second kappa shape index (κ2) is 6.77. The highest BCUT2D eigenvalue weighted by atomic mass is 16.6. The Balaban J connectivity index is 2.32. The second-order valence-electron chi connectivity index (χ2n) is 4.76. The van der Waals surface area contributed by atoms with E-state index in [0.29, 0.717) is 6.42 Å². The number of hydrogen-bond acceptors (Lipinski definition) is 5. The molecular weight excluding hydrogens is 288 g/mol. The van der Waals surface area contributed by atoms with E-state index in [4.69, 9.17) is 0 Å². The highest BCUT2D eigenvalue weighted by Gasteiger charge is 2.16. The zero-order valence-electron chi connectivity index (χ0n) is 11.6. The van der Waals surface area contributed by atoms with E-state index >= 15 is 0 Å². The molecule has 2 aromatic rings. The predicted molar refractivity (Wildman–Crippen MR) is 79.7 cm³/mol. The topological polar surface area (TPSA) is 107 Å². The van der Waals surface area contributed by atoms with Crippen LogP contribution < -0.4 is 0 Å². The minimum Gasteiger partial charge on any atom is -0.396 e. The molecule has 0 bridgehead atoms. The molecule has 0 radical (unpaired) electrons. The van der Waals surface area contributed by atoms with Crippen molar-refractivity contribution in [3.8, 4) is 0 Å². The summed E-state index contributed by atoms with van der Waals surface area (Å²) < 4.78 is 0. The average molecular weight is 302 g/mol. The summed E-state index contributed by atoms with van der Waals surface area (Å²) >= 11 is 0. The summed E-state index contributed by atoms with van der Waals surface area (Å²) in [5, 5.41) is 30.6.